The highest BCUT2D eigenvalue weighted by Crippen LogP contribution is 2.36. The van der Waals surface area contributed by atoms with Gasteiger partial charge in [-0.05, 0) is 69.8 Å². The highest BCUT2D eigenvalue weighted by Gasteiger charge is 2.56. The van der Waals surface area contributed by atoms with Gasteiger partial charge in [0.2, 0.25) is 6.20 Å². The number of amides is 2. The van der Waals surface area contributed by atoms with Crippen LogP contribution in [-0.2, 0) is 44.1 Å². The molecule has 5 rings (SSSR count). The molecule has 2 aromatic heterocycles. The highest BCUT2D eigenvalue weighted by molar-refractivity contribution is 7.13. The third kappa shape index (κ3) is 6.02. The molecule has 2 amide bonds. The van der Waals surface area contributed by atoms with E-state index >= 15 is 0 Å². The van der Waals surface area contributed by atoms with Crippen molar-refractivity contribution in [3.05, 3.63) is 47.2 Å². The van der Waals surface area contributed by atoms with Gasteiger partial charge in [-0.25, -0.2) is 14.8 Å². The number of aromatic nitrogens is 3. The molecule has 0 saturated carbocycles. The van der Waals surface area contributed by atoms with Crippen LogP contribution < -0.4 is 26.2 Å². The highest BCUT2D eigenvalue weighted by atomic mass is 32.1. The molecule has 15 nitrogen and oxygen atoms in total. The molecule has 246 valence electrons. The van der Waals surface area contributed by atoms with Gasteiger partial charge in [-0.1, -0.05) is 11.2 Å². The van der Waals surface area contributed by atoms with Gasteiger partial charge < -0.3 is 31.5 Å². The Labute approximate surface area is 269 Å². The van der Waals surface area contributed by atoms with Crippen LogP contribution in [0.2, 0.25) is 0 Å². The summed E-state index contributed by atoms with van der Waals surface area (Å²) in [4.78, 5) is 53.6. The number of nitrogens with one attached hydrogen (secondary N) is 1. The van der Waals surface area contributed by atoms with Crippen molar-refractivity contribution in [3.63, 3.8) is 0 Å². The van der Waals surface area contributed by atoms with Crippen molar-refractivity contribution in [2.24, 2.45) is 17.9 Å². The second-order valence-corrected chi connectivity index (χ2v) is 12.8. The fraction of sp³-hybridized carbons (Fsp3) is 0.467. The van der Waals surface area contributed by atoms with Gasteiger partial charge >= 0.3 is 5.97 Å². The minimum absolute atomic E-state index is 0.0635. The Hall–Kier alpha value is -4.54. The molecule has 0 bridgehead atoms. The number of anilines is 1. The molecular weight excluding hydrogens is 616 g/mol. The number of aliphatic carboxylic acids is 1. The van der Waals surface area contributed by atoms with Crippen molar-refractivity contribution in [3.8, 4) is 16.9 Å². The summed E-state index contributed by atoms with van der Waals surface area (Å²) in [7, 11) is 3.33. The summed E-state index contributed by atoms with van der Waals surface area (Å²) >= 11 is 1.06. The van der Waals surface area contributed by atoms with Crippen LogP contribution in [0.15, 0.2) is 41.1 Å². The number of hydroxylamine groups is 2. The van der Waals surface area contributed by atoms with Gasteiger partial charge in [0.25, 0.3) is 17.4 Å². The van der Waals surface area contributed by atoms with Crippen LogP contribution in [-0.4, -0.2) is 80.3 Å². The minimum atomic E-state index is -1.99. The van der Waals surface area contributed by atoms with Crippen molar-refractivity contribution in [2.45, 2.75) is 69.9 Å². The van der Waals surface area contributed by atoms with E-state index in [0.717, 1.165) is 46.1 Å². The number of carboxylic acid groups (broad SMARTS) is 1. The van der Waals surface area contributed by atoms with E-state index in [-0.39, 0.29) is 16.5 Å². The smallest absolute Gasteiger partial charge is 0.354 e. The number of hydrogen-bond donors (Lipinski definition) is 4. The molecule has 3 aromatic rings. The molecular formula is C30H39N8O7S+. The first-order valence-electron chi connectivity index (χ1n) is 14.8. The number of thiazole rings is 1. The zero-order valence-electron chi connectivity index (χ0n) is 26.4. The van der Waals surface area contributed by atoms with Gasteiger partial charge in [0.1, 0.15) is 17.5 Å². The number of nitrogens with zero attached hydrogens (tertiary/aromatic N) is 5. The molecule has 3 atom stereocenters. The lowest BCUT2D eigenvalue weighted by Gasteiger charge is -2.51. The van der Waals surface area contributed by atoms with E-state index in [1.807, 2.05) is 36.1 Å². The van der Waals surface area contributed by atoms with Gasteiger partial charge in [-0.15, -0.1) is 16.0 Å². The number of ether oxygens (including phenoxy) is 1. The minimum Gasteiger partial charge on any atom is -0.485 e. The third-order valence-electron chi connectivity index (χ3n) is 8.43. The topological polar surface area (TPSA) is 200 Å². The van der Waals surface area contributed by atoms with Crippen LogP contribution in [0.5, 0.6) is 5.75 Å². The molecule has 16 heteroatoms. The molecule has 0 aliphatic carbocycles. The van der Waals surface area contributed by atoms with E-state index in [2.05, 4.69) is 26.3 Å². The number of carboxylic acids is 1. The first kappa shape index (κ1) is 32.8. The third-order valence-corrected chi connectivity index (χ3v) is 9.10. The Kier molecular flexibility index (Phi) is 9.06. The predicted octanol–water partition coefficient (Wildman–Crippen LogP) is 0.992. The maximum Gasteiger partial charge on any atom is 0.354 e. The average Bonchev–Trinajstić information content (AvgIpc) is 3.62. The zero-order valence-corrected chi connectivity index (χ0v) is 27.2. The van der Waals surface area contributed by atoms with E-state index in [1.54, 1.807) is 13.8 Å². The Morgan fingerprint density at radius 3 is 2.74 bits per heavy atom. The fourth-order valence-corrected chi connectivity index (χ4v) is 6.18. The fourth-order valence-electron chi connectivity index (χ4n) is 5.64. The van der Waals surface area contributed by atoms with Crippen LogP contribution in [0.3, 0.4) is 0 Å². The largest absolute Gasteiger partial charge is 0.485 e. The van der Waals surface area contributed by atoms with Crippen LogP contribution in [0.4, 0.5) is 5.13 Å². The Bertz CT molecular complexity index is 1680. The number of fused-ring (bicyclic) bond motifs is 1. The number of β-lactam (4-membered cyclic amide) rings is 1. The molecule has 4 heterocycles. The molecule has 3 unspecified atom stereocenters. The molecule has 0 radical (unpaired) electrons. The number of nitrogens with two attached hydrogens (primary N) is 2. The van der Waals surface area contributed by atoms with Crippen molar-refractivity contribution < 1.29 is 38.6 Å². The summed E-state index contributed by atoms with van der Waals surface area (Å²) in [5.41, 5.74) is 11.3. The molecule has 2 aliphatic heterocycles. The summed E-state index contributed by atoms with van der Waals surface area (Å²) in [5.74, 6) is -2.06. The Morgan fingerprint density at radius 1 is 1.35 bits per heavy atom. The Balaban J connectivity index is 1.37. The van der Waals surface area contributed by atoms with E-state index in [4.69, 9.17) is 25.9 Å². The molecule has 46 heavy (non-hydrogen) atoms. The lowest BCUT2D eigenvalue weighted by Crippen LogP contribution is -2.76. The number of hydrogen-bond acceptors (Lipinski definition) is 11. The summed E-state index contributed by atoms with van der Waals surface area (Å²) < 4.78 is 10.3. The number of nitrogen functional groups attached to an aromatic ring is 1. The van der Waals surface area contributed by atoms with E-state index < -0.39 is 41.1 Å². The van der Waals surface area contributed by atoms with Crippen LogP contribution in [0.1, 0.15) is 44.9 Å². The first-order chi connectivity index (χ1) is 21.8. The second-order valence-electron chi connectivity index (χ2n) is 11.9. The summed E-state index contributed by atoms with van der Waals surface area (Å²) in [6.07, 6.45) is 4.85. The lowest BCUT2D eigenvalue weighted by molar-refractivity contribution is -0.753. The van der Waals surface area contributed by atoms with Crippen LogP contribution in [0.25, 0.3) is 11.1 Å². The SMILES string of the molecule is CON1C(=O)C(NC(=O)/C(=N\OC(C)(C(=O)O)C2CCc3cc(-c4cn(CCCN)[n+](C)c4)ccc3O2)c2csc(N)n2)C1(C)C. The van der Waals surface area contributed by atoms with E-state index in [0.29, 0.717) is 25.1 Å². The number of oxime groups is 1. The van der Waals surface area contributed by atoms with Crippen molar-refractivity contribution in [1.29, 1.82) is 0 Å². The first-order valence-corrected chi connectivity index (χ1v) is 15.6. The van der Waals surface area contributed by atoms with Gasteiger partial charge in [0.05, 0.1) is 31.0 Å². The maximum absolute atomic E-state index is 13.4. The number of benzene rings is 1. The van der Waals surface area contributed by atoms with Gasteiger partial charge in [0, 0.05) is 5.38 Å². The zero-order chi connectivity index (χ0) is 33.4. The predicted molar refractivity (Wildman–Crippen MR) is 168 cm³/mol. The van der Waals surface area contributed by atoms with E-state index in [9.17, 15) is 19.5 Å². The van der Waals surface area contributed by atoms with Gasteiger partial charge in [0.15, 0.2) is 24.0 Å². The molecule has 1 saturated heterocycles. The monoisotopic (exact) mass is 655 g/mol. The van der Waals surface area contributed by atoms with Crippen molar-refractivity contribution in [2.75, 3.05) is 19.4 Å². The maximum atomic E-state index is 13.4. The molecule has 0 spiro atoms. The summed E-state index contributed by atoms with van der Waals surface area (Å²) in [6.45, 7) is 6.20. The van der Waals surface area contributed by atoms with Crippen LogP contribution in [0, 0.1) is 0 Å². The summed E-state index contributed by atoms with van der Waals surface area (Å²) in [5, 5.41) is 19.7. The number of aryl methyl sites for hydroxylation is 3. The number of carbonyl (C=O) groups excluding carboxylic acids is 2. The molecule has 1 aromatic carbocycles. The van der Waals surface area contributed by atoms with Crippen molar-refractivity contribution in [1.82, 2.24) is 20.0 Å². The standard InChI is InChI=1S/C30H38N8O7S/c1-29(2)24(26(40)38(29)43-5)34-25(39)23(20-16-46-28(32)33-20)35-45-30(3,27(41)42)22-10-8-18-13-17(7-9-21(18)44-22)19-14-36(4)37(15-19)12-6-11-31/h7,9,13-16,22,24H,6,8,10-12,31H2,1-5H3,(H3-,32,33,34,39,41,42)/p+1/b35-23-. The average molecular weight is 656 g/mol. The van der Waals surface area contributed by atoms with Crippen LogP contribution >= 0.6 is 11.3 Å². The molecule has 6 N–H and O–H groups in total. The molecule has 1 fully saturated rings. The van der Waals surface area contributed by atoms with Crippen molar-refractivity contribution >= 4 is 40.0 Å². The Morgan fingerprint density at radius 2 is 2.11 bits per heavy atom. The summed E-state index contributed by atoms with van der Waals surface area (Å²) in [6, 6.07) is 4.84. The van der Waals surface area contributed by atoms with E-state index in [1.165, 1.54) is 19.4 Å². The quantitative estimate of drug-likeness (QED) is 0.0944. The second kappa shape index (κ2) is 12.7. The number of rotatable bonds is 12. The normalized spacial score (nSPS) is 20.3. The molecule has 2 aliphatic rings. The van der Waals surface area contributed by atoms with Gasteiger partial charge in [-0.3, -0.25) is 14.4 Å². The van der Waals surface area contributed by atoms with Gasteiger partial charge in [-0.2, -0.15) is 4.68 Å². The lowest BCUT2D eigenvalue weighted by atomic mass is 9.84. The number of carbonyl (C=O) groups is 3.